The molecule has 0 spiro atoms. The summed E-state index contributed by atoms with van der Waals surface area (Å²) >= 11 is 0. The van der Waals surface area contributed by atoms with Crippen molar-refractivity contribution in [3.05, 3.63) is 78.1 Å². The Hall–Kier alpha value is -3.35. The van der Waals surface area contributed by atoms with Crippen molar-refractivity contribution >= 4 is 11.0 Å². The molecule has 0 saturated heterocycles. The number of rotatable bonds is 3. The van der Waals surface area contributed by atoms with Crippen LogP contribution in [0.1, 0.15) is 0 Å². The number of aromatic nitrogens is 2. The van der Waals surface area contributed by atoms with Crippen molar-refractivity contribution in [1.82, 2.24) is 9.55 Å². The van der Waals surface area contributed by atoms with Crippen LogP contribution in [0.15, 0.2) is 54.9 Å². The van der Waals surface area contributed by atoms with Crippen LogP contribution >= 0.6 is 0 Å². The molecule has 3 nitrogen and oxygen atoms in total. The number of hydrogen-bond acceptors (Lipinski definition) is 2. The third-order valence-corrected chi connectivity index (χ3v) is 4.31. The molecule has 0 N–H and O–H groups in total. The molecule has 0 unspecified atom stereocenters. The monoisotopic (exact) mass is 372 g/mol. The summed E-state index contributed by atoms with van der Waals surface area (Å²) in [5.74, 6) is -5.51. The van der Waals surface area contributed by atoms with Gasteiger partial charge in [-0.3, -0.25) is 4.57 Å². The highest BCUT2D eigenvalue weighted by molar-refractivity contribution is 5.78. The predicted octanol–water partition coefficient (Wildman–Crippen LogP) is 5.26. The number of halogens is 4. The molecule has 0 aliphatic heterocycles. The highest BCUT2D eigenvalue weighted by atomic mass is 19.2. The Balaban J connectivity index is 1.96. The van der Waals surface area contributed by atoms with Gasteiger partial charge in [-0.15, -0.1) is 0 Å². The van der Waals surface area contributed by atoms with E-state index in [2.05, 4.69) is 4.98 Å². The van der Waals surface area contributed by atoms with E-state index in [4.69, 9.17) is 4.74 Å². The van der Waals surface area contributed by atoms with Crippen molar-refractivity contribution in [1.29, 1.82) is 0 Å². The zero-order chi connectivity index (χ0) is 19.1. The van der Waals surface area contributed by atoms with Crippen LogP contribution in [0.4, 0.5) is 17.6 Å². The van der Waals surface area contributed by atoms with Gasteiger partial charge in [0.15, 0.2) is 23.3 Å². The summed E-state index contributed by atoms with van der Waals surface area (Å²) in [6.45, 7) is 0. The minimum atomic E-state index is -1.50. The molecular weight excluding hydrogens is 360 g/mol. The van der Waals surface area contributed by atoms with E-state index in [1.807, 2.05) is 0 Å². The van der Waals surface area contributed by atoms with E-state index < -0.39 is 34.5 Å². The molecule has 136 valence electrons. The van der Waals surface area contributed by atoms with Crippen LogP contribution in [0.3, 0.4) is 0 Å². The van der Waals surface area contributed by atoms with Crippen LogP contribution in [0.25, 0.3) is 27.8 Å². The fourth-order valence-corrected chi connectivity index (χ4v) is 2.98. The normalized spacial score (nSPS) is 11.1. The summed E-state index contributed by atoms with van der Waals surface area (Å²) in [6, 6.07) is 12.0. The van der Waals surface area contributed by atoms with Crippen LogP contribution in [0, 0.1) is 23.3 Å². The van der Waals surface area contributed by atoms with E-state index in [1.165, 1.54) is 31.4 Å². The van der Waals surface area contributed by atoms with Crippen molar-refractivity contribution in [2.45, 2.75) is 0 Å². The third-order valence-electron chi connectivity index (χ3n) is 4.31. The van der Waals surface area contributed by atoms with Crippen LogP contribution in [-0.4, -0.2) is 16.7 Å². The highest BCUT2D eigenvalue weighted by Crippen LogP contribution is 2.35. The molecule has 0 fully saturated rings. The number of methoxy groups -OCH3 is 1. The van der Waals surface area contributed by atoms with Gasteiger partial charge in [-0.2, -0.15) is 0 Å². The molecule has 7 heteroatoms. The first-order valence-corrected chi connectivity index (χ1v) is 7.95. The molecule has 0 aliphatic rings. The minimum Gasteiger partial charge on any atom is -0.497 e. The van der Waals surface area contributed by atoms with Gasteiger partial charge in [-0.1, -0.05) is 24.3 Å². The van der Waals surface area contributed by atoms with Crippen molar-refractivity contribution in [3.63, 3.8) is 0 Å². The summed E-state index contributed by atoms with van der Waals surface area (Å²) in [5.41, 5.74) is -0.870. The van der Waals surface area contributed by atoms with Crippen LogP contribution in [0.5, 0.6) is 5.75 Å². The maximum Gasteiger partial charge on any atom is 0.186 e. The Morgan fingerprint density at radius 3 is 2.07 bits per heavy atom. The average Bonchev–Trinajstić information content (AvgIpc) is 3.11. The van der Waals surface area contributed by atoms with Gasteiger partial charge in [0.05, 0.1) is 23.7 Å². The number of benzene rings is 3. The molecule has 27 heavy (non-hydrogen) atoms. The second-order valence-corrected chi connectivity index (χ2v) is 5.81. The largest absolute Gasteiger partial charge is 0.497 e. The maximum atomic E-state index is 14.8. The summed E-state index contributed by atoms with van der Waals surface area (Å²) < 4.78 is 64.9. The molecule has 0 amide bonds. The van der Waals surface area contributed by atoms with Gasteiger partial charge in [-0.05, 0) is 29.8 Å². The smallest absolute Gasteiger partial charge is 0.186 e. The molecule has 0 aliphatic carbocycles. The lowest BCUT2D eigenvalue weighted by atomic mass is 10.0. The van der Waals surface area contributed by atoms with Gasteiger partial charge < -0.3 is 4.74 Å². The third kappa shape index (κ3) is 2.63. The van der Waals surface area contributed by atoms with Crippen LogP contribution < -0.4 is 4.74 Å². The van der Waals surface area contributed by atoms with Crippen LogP contribution in [0.2, 0.25) is 0 Å². The fourth-order valence-electron chi connectivity index (χ4n) is 2.98. The molecule has 0 bridgehead atoms. The molecule has 0 saturated carbocycles. The summed E-state index contributed by atoms with van der Waals surface area (Å²) in [4.78, 5) is 4.01. The van der Waals surface area contributed by atoms with E-state index in [9.17, 15) is 17.6 Å². The van der Waals surface area contributed by atoms with E-state index in [-0.39, 0.29) is 5.56 Å². The SMILES string of the molecule is COc1ccc(-c2c(F)c(F)c(-n3cnc4ccccc43)c(F)c2F)cc1. The van der Waals surface area contributed by atoms with Gasteiger partial charge in [0, 0.05) is 0 Å². The zero-order valence-corrected chi connectivity index (χ0v) is 14.0. The predicted molar refractivity (Wildman–Crippen MR) is 92.9 cm³/mol. The molecule has 1 aromatic heterocycles. The van der Waals surface area contributed by atoms with E-state index in [1.54, 1.807) is 24.3 Å². The quantitative estimate of drug-likeness (QED) is 0.362. The van der Waals surface area contributed by atoms with Crippen LogP contribution in [-0.2, 0) is 0 Å². The molecule has 1 heterocycles. The second kappa shape index (κ2) is 6.42. The van der Waals surface area contributed by atoms with Gasteiger partial charge in [0.2, 0.25) is 0 Å². The van der Waals surface area contributed by atoms with Crippen molar-refractivity contribution in [2.75, 3.05) is 7.11 Å². The topological polar surface area (TPSA) is 27.1 Å². The number of ether oxygens (including phenoxy) is 1. The zero-order valence-electron chi connectivity index (χ0n) is 14.0. The minimum absolute atomic E-state index is 0.00867. The summed E-state index contributed by atoms with van der Waals surface area (Å²) in [6.07, 6.45) is 1.12. The molecule has 0 radical (unpaired) electrons. The van der Waals surface area contributed by atoms with Gasteiger partial charge >= 0.3 is 0 Å². The van der Waals surface area contributed by atoms with Crippen molar-refractivity contribution in [2.24, 2.45) is 0 Å². The average molecular weight is 372 g/mol. The first-order chi connectivity index (χ1) is 13.0. The van der Waals surface area contributed by atoms with Crippen molar-refractivity contribution in [3.8, 4) is 22.6 Å². The first-order valence-electron chi connectivity index (χ1n) is 7.95. The lowest BCUT2D eigenvalue weighted by Gasteiger charge is -2.13. The molecular formula is C20H12F4N2O. The summed E-state index contributed by atoms with van der Waals surface area (Å²) in [5, 5.41) is 0. The van der Waals surface area contributed by atoms with Gasteiger partial charge in [0.25, 0.3) is 0 Å². The van der Waals surface area contributed by atoms with E-state index >= 15 is 0 Å². The van der Waals surface area contributed by atoms with E-state index in [0.29, 0.717) is 16.8 Å². The second-order valence-electron chi connectivity index (χ2n) is 5.81. The number of imidazole rings is 1. The fraction of sp³-hybridized carbons (Fsp3) is 0.0500. The van der Waals surface area contributed by atoms with E-state index in [0.717, 1.165) is 10.9 Å². The Labute approximate surface area is 151 Å². The Bertz CT molecular complexity index is 1120. The number of hydrogen-bond donors (Lipinski definition) is 0. The number of para-hydroxylation sites is 2. The maximum absolute atomic E-state index is 14.8. The van der Waals surface area contributed by atoms with Gasteiger partial charge in [0.1, 0.15) is 17.8 Å². The summed E-state index contributed by atoms with van der Waals surface area (Å²) in [7, 11) is 1.43. The first kappa shape index (κ1) is 17.1. The molecule has 4 aromatic rings. The lowest BCUT2D eigenvalue weighted by molar-refractivity contribution is 0.415. The molecule has 3 aromatic carbocycles. The van der Waals surface area contributed by atoms with Crippen molar-refractivity contribution < 1.29 is 22.3 Å². The number of fused-ring (bicyclic) bond motifs is 1. The number of nitrogens with zero attached hydrogens (tertiary/aromatic N) is 2. The Kier molecular flexibility index (Phi) is 4.07. The lowest BCUT2D eigenvalue weighted by Crippen LogP contribution is -2.08. The molecule has 0 atom stereocenters. The standard InChI is InChI=1S/C20H12F4N2O/c1-27-12-8-6-11(7-9-12)15-16(21)18(23)20(19(24)17(15)22)26-10-25-13-4-2-3-5-14(13)26/h2-10H,1H3. The molecule has 4 rings (SSSR count). The highest BCUT2D eigenvalue weighted by Gasteiger charge is 2.28. The van der Waals surface area contributed by atoms with Gasteiger partial charge in [-0.25, -0.2) is 22.5 Å². The Morgan fingerprint density at radius 1 is 0.815 bits per heavy atom. The Morgan fingerprint density at radius 2 is 1.44 bits per heavy atom.